The summed E-state index contributed by atoms with van der Waals surface area (Å²) in [5.74, 6) is 0. The largest absolute Gasteiger partial charge is 0.394 e. The summed E-state index contributed by atoms with van der Waals surface area (Å²) < 4.78 is 5.16. The van der Waals surface area contributed by atoms with Crippen molar-refractivity contribution in [2.45, 2.75) is 6.61 Å². The van der Waals surface area contributed by atoms with Crippen molar-refractivity contribution in [1.82, 2.24) is 0 Å². The Morgan fingerprint density at radius 1 is 1.33 bits per heavy atom. The van der Waals surface area contributed by atoms with E-state index in [2.05, 4.69) is 6.92 Å². The summed E-state index contributed by atoms with van der Waals surface area (Å²) in [6.07, 6.45) is 0. The van der Waals surface area contributed by atoms with Crippen LogP contribution >= 0.6 is 0 Å². The number of aliphatic hydroxyl groups is 1. The van der Waals surface area contributed by atoms with Crippen molar-refractivity contribution in [2.24, 2.45) is 0 Å². The number of ether oxygens (including phenoxy) is 1. The van der Waals surface area contributed by atoms with E-state index in [0.29, 0.717) is 13.2 Å². The SMILES string of the molecule is [CH2]c1ccccc1COCCO. The van der Waals surface area contributed by atoms with Gasteiger partial charge in [-0.1, -0.05) is 24.3 Å². The molecule has 1 radical (unpaired) electrons. The highest BCUT2D eigenvalue weighted by atomic mass is 16.5. The lowest BCUT2D eigenvalue weighted by Gasteiger charge is -2.04. The van der Waals surface area contributed by atoms with Crippen molar-refractivity contribution >= 4 is 0 Å². The summed E-state index contributed by atoms with van der Waals surface area (Å²) >= 11 is 0. The summed E-state index contributed by atoms with van der Waals surface area (Å²) in [7, 11) is 0. The molecular formula is C10H13O2. The Kier molecular flexibility index (Phi) is 3.77. The molecule has 2 heteroatoms. The van der Waals surface area contributed by atoms with E-state index < -0.39 is 0 Å². The van der Waals surface area contributed by atoms with Gasteiger partial charge in [0.25, 0.3) is 0 Å². The van der Waals surface area contributed by atoms with Crippen molar-refractivity contribution in [3.8, 4) is 0 Å². The fourth-order valence-corrected chi connectivity index (χ4v) is 0.945. The van der Waals surface area contributed by atoms with Crippen molar-refractivity contribution < 1.29 is 9.84 Å². The molecule has 0 aliphatic carbocycles. The normalized spacial score (nSPS) is 10.2. The second kappa shape index (κ2) is 4.91. The smallest absolute Gasteiger partial charge is 0.0720 e. The molecule has 1 aromatic rings. The third-order valence-electron chi connectivity index (χ3n) is 1.61. The summed E-state index contributed by atoms with van der Waals surface area (Å²) in [4.78, 5) is 0. The molecule has 0 aromatic heterocycles. The minimum atomic E-state index is 0.0688. The number of hydrogen-bond acceptors (Lipinski definition) is 2. The predicted molar refractivity (Wildman–Crippen MR) is 47.6 cm³/mol. The van der Waals surface area contributed by atoms with Crippen LogP contribution in [0.3, 0.4) is 0 Å². The third kappa shape index (κ3) is 2.64. The van der Waals surface area contributed by atoms with Gasteiger partial charge in [0.05, 0.1) is 19.8 Å². The van der Waals surface area contributed by atoms with Gasteiger partial charge >= 0.3 is 0 Å². The van der Waals surface area contributed by atoms with Crippen LogP contribution in [0.1, 0.15) is 11.1 Å². The zero-order valence-electron chi connectivity index (χ0n) is 6.99. The van der Waals surface area contributed by atoms with Gasteiger partial charge in [-0.2, -0.15) is 0 Å². The van der Waals surface area contributed by atoms with Crippen LogP contribution in [0, 0.1) is 6.92 Å². The first-order valence-electron chi connectivity index (χ1n) is 3.93. The second-order valence-corrected chi connectivity index (χ2v) is 2.54. The van der Waals surface area contributed by atoms with Gasteiger partial charge in [-0.25, -0.2) is 0 Å². The van der Waals surface area contributed by atoms with Crippen molar-refractivity contribution in [3.63, 3.8) is 0 Å². The number of rotatable bonds is 4. The van der Waals surface area contributed by atoms with Crippen LogP contribution in [0.4, 0.5) is 0 Å². The number of aliphatic hydroxyl groups excluding tert-OH is 1. The van der Waals surface area contributed by atoms with Crippen LogP contribution in [0.2, 0.25) is 0 Å². The average Bonchev–Trinajstić information content (AvgIpc) is 2.09. The van der Waals surface area contributed by atoms with Crippen LogP contribution in [-0.4, -0.2) is 18.3 Å². The molecule has 65 valence electrons. The lowest BCUT2D eigenvalue weighted by Crippen LogP contribution is -2.00. The van der Waals surface area contributed by atoms with Crippen LogP contribution < -0.4 is 0 Å². The van der Waals surface area contributed by atoms with Crippen molar-refractivity contribution in [1.29, 1.82) is 0 Å². The molecule has 0 saturated carbocycles. The van der Waals surface area contributed by atoms with Gasteiger partial charge in [0.2, 0.25) is 0 Å². The maximum Gasteiger partial charge on any atom is 0.0720 e. The van der Waals surface area contributed by atoms with Gasteiger partial charge in [-0.15, -0.1) is 0 Å². The Bertz CT molecular complexity index is 233. The Hall–Kier alpha value is -0.860. The average molecular weight is 165 g/mol. The quantitative estimate of drug-likeness (QED) is 0.683. The minimum Gasteiger partial charge on any atom is -0.394 e. The molecule has 12 heavy (non-hydrogen) atoms. The number of hydrogen-bond donors (Lipinski definition) is 1. The van der Waals surface area contributed by atoms with Crippen LogP contribution in [0.25, 0.3) is 0 Å². The Morgan fingerprint density at radius 2 is 2.08 bits per heavy atom. The molecule has 1 rings (SSSR count). The monoisotopic (exact) mass is 165 g/mol. The lowest BCUT2D eigenvalue weighted by atomic mass is 10.1. The third-order valence-corrected chi connectivity index (χ3v) is 1.61. The first kappa shape index (κ1) is 9.23. The molecule has 0 unspecified atom stereocenters. The first-order chi connectivity index (χ1) is 5.84. The molecular weight excluding hydrogens is 152 g/mol. The molecule has 0 spiro atoms. The van der Waals surface area contributed by atoms with E-state index in [1.165, 1.54) is 0 Å². The molecule has 0 heterocycles. The van der Waals surface area contributed by atoms with E-state index in [9.17, 15) is 0 Å². The molecule has 0 aliphatic rings. The first-order valence-corrected chi connectivity index (χ1v) is 3.93. The molecule has 0 aliphatic heterocycles. The molecule has 1 aromatic carbocycles. The van der Waals surface area contributed by atoms with E-state index in [1.54, 1.807) is 0 Å². The van der Waals surface area contributed by atoms with E-state index in [1.807, 2.05) is 24.3 Å². The standard InChI is InChI=1S/C10H13O2/c1-9-4-2-3-5-10(9)8-12-7-6-11/h2-5,11H,1,6-8H2. The van der Waals surface area contributed by atoms with Crippen LogP contribution in [-0.2, 0) is 11.3 Å². The molecule has 0 amide bonds. The number of benzene rings is 1. The summed E-state index contributed by atoms with van der Waals surface area (Å²) in [5, 5.41) is 8.47. The van der Waals surface area contributed by atoms with Gasteiger partial charge < -0.3 is 9.84 Å². The molecule has 0 fully saturated rings. The van der Waals surface area contributed by atoms with Crippen molar-refractivity contribution in [3.05, 3.63) is 42.3 Å². The maximum atomic E-state index is 8.47. The van der Waals surface area contributed by atoms with Gasteiger partial charge in [0, 0.05) is 0 Å². The summed E-state index contributed by atoms with van der Waals surface area (Å²) in [6.45, 7) is 4.84. The second-order valence-electron chi connectivity index (χ2n) is 2.54. The highest BCUT2D eigenvalue weighted by Gasteiger charge is 1.95. The maximum absolute atomic E-state index is 8.47. The van der Waals surface area contributed by atoms with E-state index in [-0.39, 0.29) is 6.61 Å². The molecule has 0 atom stereocenters. The van der Waals surface area contributed by atoms with Gasteiger partial charge in [0.1, 0.15) is 0 Å². The Balaban J connectivity index is 2.46. The van der Waals surface area contributed by atoms with Crippen LogP contribution in [0.5, 0.6) is 0 Å². The van der Waals surface area contributed by atoms with E-state index >= 15 is 0 Å². The topological polar surface area (TPSA) is 29.5 Å². The van der Waals surface area contributed by atoms with Gasteiger partial charge in [-0.3, -0.25) is 0 Å². The van der Waals surface area contributed by atoms with Crippen molar-refractivity contribution in [2.75, 3.05) is 13.2 Å². The lowest BCUT2D eigenvalue weighted by molar-refractivity contribution is 0.0814. The molecule has 2 nitrogen and oxygen atoms in total. The van der Waals surface area contributed by atoms with Gasteiger partial charge in [0.15, 0.2) is 0 Å². The molecule has 0 saturated heterocycles. The molecule has 0 bridgehead atoms. The van der Waals surface area contributed by atoms with E-state index in [0.717, 1.165) is 11.1 Å². The zero-order chi connectivity index (χ0) is 8.81. The molecule has 1 N–H and O–H groups in total. The summed E-state index contributed by atoms with van der Waals surface area (Å²) in [6, 6.07) is 7.81. The Labute approximate surface area is 72.8 Å². The zero-order valence-corrected chi connectivity index (χ0v) is 6.99. The fraction of sp³-hybridized carbons (Fsp3) is 0.300. The van der Waals surface area contributed by atoms with E-state index in [4.69, 9.17) is 9.84 Å². The highest BCUT2D eigenvalue weighted by molar-refractivity contribution is 5.28. The fourth-order valence-electron chi connectivity index (χ4n) is 0.945. The predicted octanol–water partition coefficient (Wildman–Crippen LogP) is 1.38. The minimum absolute atomic E-state index is 0.0688. The Morgan fingerprint density at radius 3 is 2.75 bits per heavy atom. The highest BCUT2D eigenvalue weighted by Crippen LogP contribution is 2.07. The van der Waals surface area contributed by atoms with Crippen LogP contribution in [0.15, 0.2) is 24.3 Å². The summed E-state index contributed by atoms with van der Waals surface area (Å²) in [5.41, 5.74) is 2.06. The van der Waals surface area contributed by atoms with Gasteiger partial charge in [-0.05, 0) is 18.1 Å².